The molecule has 0 saturated heterocycles. The molecule has 0 fully saturated rings. The lowest BCUT2D eigenvalue weighted by Gasteiger charge is -2.08. The highest BCUT2D eigenvalue weighted by Crippen LogP contribution is 2.17. The second-order valence-electron chi connectivity index (χ2n) is 6.10. The molecule has 0 aliphatic rings. The molecule has 2 aromatic rings. The molecule has 0 aliphatic heterocycles. The van der Waals surface area contributed by atoms with Crippen LogP contribution in [-0.2, 0) is 18.3 Å². The smallest absolute Gasteiger partial charge is 0.309 e. The van der Waals surface area contributed by atoms with Crippen LogP contribution in [0.15, 0.2) is 36.4 Å². The Bertz CT molecular complexity index is 716. The maximum atomic E-state index is 12.6. The fraction of sp³-hybridized carbons (Fsp3) is 0.400. The number of nitrogens with zero attached hydrogens (tertiary/aromatic N) is 1. The van der Waals surface area contributed by atoms with Crippen molar-refractivity contribution >= 4 is 11.8 Å². The molecule has 1 heterocycles. The SMILES string of the molecule is CCCCCCOc1ccc(C(=O)c2ccc(CC(=O)O)n2C)cc1. The number of carboxylic acids is 1. The highest BCUT2D eigenvalue weighted by molar-refractivity contribution is 6.08. The van der Waals surface area contributed by atoms with Crippen LogP contribution in [0.2, 0.25) is 0 Å². The van der Waals surface area contributed by atoms with Gasteiger partial charge in [0.15, 0.2) is 0 Å². The minimum Gasteiger partial charge on any atom is -0.494 e. The number of hydrogen-bond donors (Lipinski definition) is 1. The van der Waals surface area contributed by atoms with Gasteiger partial charge in [-0.1, -0.05) is 26.2 Å². The fourth-order valence-electron chi connectivity index (χ4n) is 2.68. The number of ether oxygens (including phenoxy) is 1. The lowest BCUT2D eigenvalue weighted by Crippen LogP contribution is -2.11. The number of carbonyl (C=O) groups is 2. The van der Waals surface area contributed by atoms with E-state index in [0.717, 1.165) is 12.2 Å². The van der Waals surface area contributed by atoms with E-state index >= 15 is 0 Å². The second-order valence-corrected chi connectivity index (χ2v) is 6.10. The fourth-order valence-corrected chi connectivity index (χ4v) is 2.68. The lowest BCUT2D eigenvalue weighted by molar-refractivity contribution is -0.136. The Morgan fingerprint density at radius 2 is 1.76 bits per heavy atom. The molecule has 0 atom stereocenters. The molecule has 0 bridgehead atoms. The molecule has 5 nitrogen and oxygen atoms in total. The van der Waals surface area contributed by atoms with Crippen molar-refractivity contribution in [2.24, 2.45) is 7.05 Å². The van der Waals surface area contributed by atoms with Crippen molar-refractivity contribution in [1.82, 2.24) is 4.57 Å². The van der Waals surface area contributed by atoms with Gasteiger partial charge in [0.25, 0.3) is 0 Å². The predicted octanol–water partition coefficient (Wildman–Crippen LogP) is 3.84. The van der Waals surface area contributed by atoms with Crippen molar-refractivity contribution in [3.05, 3.63) is 53.3 Å². The molecule has 0 spiro atoms. The van der Waals surface area contributed by atoms with E-state index < -0.39 is 5.97 Å². The summed E-state index contributed by atoms with van der Waals surface area (Å²) in [6.07, 6.45) is 4.51. The lowest BCUT2D eigenvalue weighted by atomic mass is 10.1. The summed E-state index contributed by atoms with van der Waals surface area (Å²) < 4.78 is 7.32. The molecule has 0 saturated carbocycles. The highest BCUT2D eigenvalue weighted by atomic mass is 16.5. The third-order valence-corrected chi connectivity index (χ3v) is 4.17. The molecule has 1 N–H and O–H groups in total. The van der Waals surface area contributed by atoms with Crippen molar-refractivity contribution in [3.63, 3.8) is 0 Å². The van der Waals surface area contributed by atoms with Crippen LogP contribution in [0.1, 0.15) is 54.4 Å². The summed E-state index contributed by atoms with van der Waals surface area (Å²) in [5, 5.41) is 8.89. The van der Waals surface area contributed by atoms with E-state index in [0.29, 0.717) is 23.6 Å². The van der Waals surface area contributed by atoms with Gasteiger partial charge in [-0.2, -0.15) is 0 Å². The van der Waals surface area contributed by atoms with Crippen LogP contribution < -0.4 is 4.74 Å². The molecule has 2 rings (SSSR count). The van der Waals surface area contributed by atoms with Crippen molar-refractivity contribution in [2.75, 3.05) is 6.61 Å². The number of carbonyl (C=O) groups excluding carboxylic acids is 1. The van der Waals surface area contributed by atoms with Gasteiger partial charge in [-0.25, -0.2) is 0 Å². The number of unbranched alkanes of at least 4 members (excludes halogenated alkanes) is 3. The van der Waals surface area contributed by atoms with Gasteiger partial charge in [0.05, 0.1) is 18.7 Å². The number of hydrogen-bond acceptors (Lipinski definition) is 3. The van der Waals surface area contributed by atoms with Gasteiger partial charge < -0.3 is 14.4 Å². The van der Waals surface area contributed by atoms with Gasteiger partial charge in [-0.15, -0.1) is 0 Å². The first kappa shape index (κ1) is 18.8. The van der Waals surface area contributed by atoms with Gasteiger partial charge in [-0.3, -0.25) is 9.59 Å². The molecule has 0 unspecified atom stereocenters. The van der Waals surface area contributed by atoms with Crippen molar-refractivity contribution in [2.45, 2.75) is 39.0 Å². The minimum absolute atomic E-state index is 0.103. The van der Waals surface area contributed by atoms with Gasteiger partial charge in [0.2, 0.25) is 5.78 Å². The minimum atomic E-state index is -0.916. The number of carboxylic acid groups (broad SMARTS) is 1. The molecule has 0 amide bonds. The third kappa shape index (κ3) is 5.21. The first-order valence-electron chi connectivity index (χ1n) is 8.67. The Morgan fingerprint density at radius 1 is 1.04 bits per heavy atom. The largest absolute Gasteiger partial charge is 0.494 e. The number of ketones is 1. The topological polar surface area (TPSA) is 68.5 Å². The molecular formula is C20H25NO4. The monoisotopic (exact) mass is 343 g/mol. The summed E-state index contributed by atoms with van der Waals surface area (Å²) in [6.45, 7) is 2.86. The Kier molecular flexibility index (Phi) is 6.81. The standard InChI is InChI=1S/C20H25NO4/c1-3-4-5-6-13-25-17-10-7-15(8-11-17)20(24)18-12-9-16(21(18)2)14-19(22)23/h7-12H,3-6,13-14H2,1-2H3,(H,22,23). The zero-order valence-electron chi connectivity index (χ0n) is 14.8. The average Bonchev–Trinajstić information content (AvgIpc) is 2.95. The first-order valence-corrected chi connectivity index (χ1v) is 8.67. The van der Waals surface area contributed by atoms with Gasteiger partial charge in [-0.05, 0) is 42.8 Å². The van der Waals surface area contributed by atoms with Crippen LogP contribution in [-0.4, -0.2) is 28.0 Å². The highest BCUT2D eigenvalue weighted by Gasteiger charge is 2.16. The van der Waals surface area contributed by atoms with Crippen LogP contribution in [0, 0.1) is 0 Å². The molecule has 1 aromatic carbocycles. The summed E-state index contributed by atoms with van der Waals surface area (Å²) in [5.41, 5.74) is 1.63. The predicted molar refractivity (Wildman–Crippen MR) is 96.3 cm³/mol. The van der Waals surface area contributed by atoms with E-state index in [1.165, 1.54) is 19.3 Å². The molecule has 1 aromatic heterocycles. The van der Waals surface area contributed by atoms with E-state index in [2.05, 4.69) is 6.92 Å². The summed E-state index contributed by atoms with van der Waals surface area (Å²) >= 11 is 0. The Hall–Kier alpha value is -2.56. The summed E-state index contributed by atoms with van der Waals surface area (Å²) in [7, 11) is 1.71. The van der Waals surface area contributed by atoms with E-state index in [9.17, 15) is 9.59 Å². The van der Waals surface area contributed by atoms with Crippen molar-refractivity contribution in [1.29, 1.82) is 0 Å². The van der Waals surface area contributed by atoms with Crippen LogP contribution in [0.4, 0.5) is 0 Å². The zero-order chi connectivity index (χ0) is 18.2. The molecule has 0 radical (unpaired) electrons. The number of rotatable bonds is 10. The first-order chi connectivity index (χ1) is 12.0. The third-order valence-electron chi connectivity index (χ3n) is 4.17. The summed E-state index contributed by atoms with van der Waals surface area (Å²) in [5.74, 6) is -0.291. The second kappa shape index (κ2) is 9.06. The quantitative estimate of drug-likeness (QED) is 0.526. The van der Waals surface area contributed by atoms with E-state index in [-0.39, 0.29) is 12.2 Å². The summed E-state index contributed by atoms with van der Waals surface area (Å²) in [4.78, 5) is 23.4. The van der Waals surface area contributed by atoms with Crippen LogP contribution >= 0.6 is 0 Å². The average molecular weight is 343 g/mol. The molecule has 134 valence electrons. The van der Waals surface area contributed by atoms with Crippen LogP contribution in [0.25, 0.3) is 0 Å². The molecular weight excluding hydrogens is 318 g/mol. The molecule has 0 aliphatic carbocycles. The van der Waals surface area contributed by atoms with Crippen LogP contribution in [0.3, 0.4) is 0 Å². The van der Waals surface area contributed by atoms with Gasteiger partial charge in [0.1, 0.15) is 5.75 Å². The normalized spacial score (nSPS) is 10.6. The Labute approximate surface area is 148 Å². The van der Waals surface area contributed by atoms with Crippen molar-refractivity contribution < 1.29 is 19.4 Å². The van der Waals surface area contributed by atoms with Crippen LogP contribution in [0.5, 0.6) is 5.75 Å². The summed E-state index contributed by atoms with van der Waals surface area (Å²) in [6, 6.07) is 10.4. The van der Waals surface area contributed by atoms with Gasteiger partial charge >= 0.3 is 5.97 Å². The maximum absolute atomic E-state index is 12.6. The number of aliphatic carboxylic acids is 1. The van der Waals surface area contributed by atoms with Crippen molar-refractivity contribution in [3.8, 4) is 5.75 Å². The van der Waals surface area contributed by atoms with Gasteiger partial charge in [0, 0.05) is 18.3 Å². The Balaban J connectivity index is 1.98. The maximum Gasteiger partial charge on any atom is 0.309 e. The van der Waals surface area contributed by atoms with E-state index in [4.69, 9.17) is 9.84 Å². The van der Waals surface area contributed by atoms with E-state index in [1.54, 1.807) is 48.0 Å². The number of aromatic nitrogens is 1. The number of benzene rings is 1. The van der Waals surface area contributed by atoms with E-state index in [1.807, 2.05) is 0 Å². The zero-order valence-corrected chi connectivity index (χ0v) is 14.8. The molecule has 25 heavy (non-hydrogen) atoms. The molecule has 5 heteroatoms. The Morgan fingerprint density at radius 3 is 2.40 bits per heavy atom.